The number of methoxy groups -OCH3 is 1. The second-order valence-electron chi connectivity index (χ2n) is 9.02. The van der Waals surface area contributed by atoms with E-state index < -0.39 is 0 Å². The maximum absolute atomic E-state index is 13.7. The maximum atomic E-state index is 13.7. The monoisotopic (exact) mass is 490 g/mol. The molecule has 35 heavy (non-hydrogen) atoms. The van der Waals surface area contributed by atoms with Crippen molar-refractivity contribution in [1.29, 1.82) is 0 Å². The van der Waals surface area contributed by atoms with Gasteiger partial charge in [-0.3, -0.25) is 14.2 Å². The number of carbonyl (C=O) groups is 1. The number of carbonyl (C=O) groups excluding carboxylic acids is 1. The fourth-order valence-electron chi connectivity index (χ4n) is 3.94. The molecular formula is C27H30N4O3S. The number of thiophene rings is 1. The number of hydrogen-bond donors (Lipinski definition) is 1. The third-order valence-electron chi connectivity index (χ3n) is 5.45. The fourth-order valence-corrected chi connectivity index (χ4v) is 5.07. The number of aromatic nitrogens is 2. The Bertz CT molecular complexity index is 1420. The lowest BCUT2D eigenvalue weighted by atomic mass is 10.1. The minimum absolute atomic E-state index is 0.0336. The minimum atomic E-state index is -0.251. The van der Waals surface area contributed by atoms with Gasteiger partial charge in [-0.15, -0.1) is 11.3 Å². The molecule has 1 N–H and O–H groups in total. The van der Waals surface area contributed by atoms with Crippen LogP contribution in [0.1, 0.15) is 18.7 Å². The van der Waals surface area contributed by atoms with Crippen molar-refractivity contribution in [1.82, 2.24) is 19.8 Å². The number of ether oxygens (including phenoxy) is 1. The Kier molecular flexibility index (Phi) is 7.33. The van der Waals surface area contributed by atoms with Gasteiger partial charge in [0.15, 0.2) is 0 Å². The summed E-state index contributed by atoms with van der Waals surface area (Å²) in [4.78, 5) is 35.7. The molecule has 0 radical (unpaired) electrons. The van der Waals surface area contributed by atoms with Crippen LogP contribution < -0.4 is 15.6 Å². The quantitative estimate of drug-likeness (QED) is 0.397. The molecule has 0 fully saturated rings. The van der Waals surface area contributed by atoms with Crippen molar-refractivity contribution in [3.8, 4) is 27.6 Å². The highest BCUT2D eigenvalue weighted by Gasteiger charge is 2.17. The molecule has 182 valence electrons. The summed E-state index contributed by atoms with van der Waals surface area (Å²) in [5.74, 6) is 0.837. The van der Waals surface area contributed by atoms with Gasteiger partial charge in [-0.1, -0.05) is 18.2 Å². The number of amides is 1. The molecule has 0 aliphatic carbocycles. The smallest absolute Gasteiger partial charge is 0.262 e. The molecule has 0 aliphatic heterocycles. The minimum Gasteiger partial charge on any atom is -0.497 e. The Hall–Kier alpha value is -3.49. The third kappa shape index (κ3) is 5.61. The number of nitrogens with zero attached hydrogens (tertiary/aromatic N) is 3. The highest BCUT2D eigenvalue weighted by Crippen LogP contribution is 2.31. The van der Waals surface area contributed by atoms with Gasteiger partial charge in [0.05, 0.1) is 18.0 Å². The first-order valence-corrected chi connectivity index (χ1v) is 12.3. The number of benzene rings is 2. The Morgan fingerprint density at radius 1 is 1.11 bits per heavy atom. The van der Waals surface area contributed by atoms with Gasteiger partial charge in [0, 0.05) is 27.9 Å². The van der Waals surface area contributed by atoms with E-state index >= 15 is 0 Å². The zero-order valence-electron chi connectivity index (χ0n) is 20.7. The number of fused-ring (bicyclic) bond motifs is 1. The molecule has 0 aliphatic rings. The van der Waals surface area contributed by atoms with Gasteiger partial charge in [-0.25, -0.2) is 4.98 Å². The van der Waals surface area contributed by atoms with E-state index in [1.165, 1.54) is 9.44 Å². The predicted molar refractivity (Wildman–Crippen MR) is 142 cm³/mol. The van der Waals surface area contributed by atoms with Crippen LogP contribution in [-0.2, 0) is 17.9 Å². The summed E-state index contributed by atoms with van der Waals surface area (Å²) >= 11 is 1.71. The van der Waals surface area contributed by atoms with Crippen LogP contribution in [0.4, 0.5) is 0 Å². The molecule has 2 aromatic carbocycles. The van der Waals surface area contributed by atoms with Gasteiger partial charge in [0.2, 0.25) is 5.91 Å². The van der Waals surface area contributed by atoms with Crippen LogP contribution in [0.3, 0.4) is 0 Å². The number of rotatable bonds is 8. The van der Waals surface area contributed by atoms with Gasteiger partial charge in [0.25, 0.3) is 5.56 Å². The van der Waals surface area contributed by atoms with Crippen LogP contribution in [0.25, 0.3) is 32.7 Å². The van der Waals surface area contributed by atoms with Crippen molar-refractivity contribution in [2.24, 2.45) is 0 Å². The highest BCUT2D eigenvalue weighted by molar-refractivity contribution is 7.15. The van der Waals surface area contributed by atoms with Crippen molar-refractivity contribution in [2.75, 3.05) is 21.2 Å². The molecule has 0 spiro atoms. The Morgan fingerprint density at radius 2 is 1.91 bits per heavy atom. The number of nitrogens with one attached hydrogen (secondary N) is 1. The van der Waals surface area contributed by atoms with E-state index in [2.05, 4.69) is 22.3 Å². The third-order valence-corrected chi connectivity index (χ3v) is 6.57. The fraction of sp³-hybridized carbons (Fsp3) is 0.296. The Morgan fingerprint density at radius 3 is 2.63 bits per heavy atom. The maximum Gasteiger partial charge on any atom is 0.262 e. The first-order chi connectivity index (χ1) is 16.7. The van der Waals surface area contributed by atoms with Gasteiger partial charge in [0.1, 0.15) is 18.1 Å². The lowest BCUT2D eigenvalue weighted by molar-refractivity contribution is -0.122. The SMILES string of the molecule is COc1cccc(-c2nc3ccc(-c4ccc(CN(C)C)s4)cc3c(=O)n2CC(=O)NC(C)C)c1. The molecule has 8 heteroatoms. The summed E-state index contributed by atoms with van der Waals surface area (Å²) in [6.07, 6.45) is 0. The Balaban J connectivity index is 1.85. The van der Waals surface area contributed by atoms with Crippen LogP contribution in [0.15, 0.2) is 59.4 Å². The molecule has 7 nitrogen and oxygen atoms in total. The molecule has 2 heterocycles. The summed E-state index contributed by atoms with van der Waals surface area (Å²) in [7, 11) is 5.67. The zero-order valence-corrected chi connectivity index (χ0v) is 21.5. The zero-order chi connectivity index (χ0) is 25.1. The molecule has 0 bridgehead atoms. The summed E-state index contributed by atoms with van der Waals surface area (Å²) in [5.41, 5.74) is 2.00. The van der Waals surface area contributed by atoms with Gasteiger partial charge >= 0.3 is 0 Å². The summed E-state index contributed by atoms with van der Waals surface area (Å²) in [6.45, 7) is 4.52. The first-order valence-electron chi connectivity index (χ1n) is 11.5. The standard InChI is InChI=1S/C27H30N4O3S/c1-17(2)28-25(32)16-31-26(19-7-6-8-20(13-19)34-5)29-23-11-9-18(14-22(23)27(31)33)24-12-10-21(35-24)15-30(3)4/h6-14,17H,15-16H2,1-5H3,(H,28,32). The van der Waals surface area contributed by atoms with Crippen LogP contribution in [-0.4, -0.2) is 47.6 Å². The van der Waals surface area contributed by atoms with E-state index in [0.29, 0.717) is 28.0 Å². The number of hydrogen-bond acceptors (Lipinski definition) is 6. The molecule has 1 amide bonds. The van der Waals surface area contributed by atoms with Crippen molar-refractivity contribution in [3.05, 3.63) is 69.8 Å². The molecule has 4 aromatic rings. The van der Waals surface area contributed by atoms with E-state index in [-0.39, 0.29) is 24.1 Å². The van der Waals surface area contributed by atoms with Crippen molar-refractivity contribution >= 4 is 28.1 Å². The molecule has 0 saturated carbocycles. The van der Waals surface area contributed by atoms with E-state index in [9.17, 15) is 9.59 Å². The molecular weight excluding hydrogens is 460 g/mol. The summed E-state index contributed by atoms with van der Waals surface area (Å²) in [6, 6.07) is 17.3. The lowest BCUT2D eigenvalue weighted by Crippen LogP contribution is -2.37. The molecule has 0 saturated heterocycles. The van der Waals surface area contributed by atoms with Crippen LogP contribution in [0.5, 0.6) is 5.75 Å². The second-order valence-corrected chi connectivity index (χ2v) is 10.2. The lowest BCUT2D eigenvalue weighted by Gasteiger charge is -2.16. The largest absolute Gasteiger partial charge is 0.497 e. The highest BCUT2D eigenvalue weighted by atomic mass is 32.1. The van der Waals surface area contributed by atoms with E-state index in [0.717, 1.165) is 17.0 Å². The molecule has 0 atom stereocenters. The first kappa shape index (κ1) is 24.6. The predicted octanol–water partition coefficient (Wildman–Crippen LogP) is 4.39. The second kappa shape index (κ2) is 10.4. The molecule has 2 aromatic heterocycles. The van der Waals surface area contributed by atoms with Gasteiger partial charge in [-0.2, -0.15) is 0 Å². The molecule has 0 unspecified atom stereocenters. The van der Waals surface area contributed by atoms with Crippen molar-refractivity contribution in [2.45, 2.75) is 33.0 Å². The average molecular weight is 491 g/mol. The topological polar surface area (TPSA) is 76.5 Å². The average Bonchev–Trinajstić information content (AvgIpc) is 3.28. The van der Waals surface area contributed by atoms with Crippen LogP contribution in [0.2, 0.25) is 0 Å². The Labute approximate surface area is 209 Å². The van der Waals surface area contributed by atoms with Crippen molar-refractivity contribution in [3.63, 3.8) is 0 Å². The van der Waals surface area contributed by atoms with Gasteiger partial charge in [-0.05, 0) is 69.9 Å². The molecule has 4 rings (SSSR count). The normalized spacial score (nSPS) is 11.4. The van der Waals surface area contributed by atoms with Crippen LogP contribution in [0, 0.1) is 0 Å². The summed E-state index contributed by atoms with van der Waals surface area (Å²) in [5, 5.41) is 3.35. The van der Waals surface area contributed by atoms with E-state index in [1.54, 1.807) is 18.4 Å². The van der Waals surface area contributed by atoms with Gasteiger partial charge < -0.3 is 15.0 Å². The summed E-state index contributed by atoms with van der Waals surface area (Å²) < 4.78 is 6.81. The van der Waals surface area contributed by atoms with Crippen molar-refractivity contribution < 1.29 is 9.53 Å². The van der Waals surface area contributed by atoms with E-state index in [1.807, 2.05) is 70.4 Å². The van der Waals surface area contributed by atoms with Crippen LogP contribution >= 0.6 is 11.3 Å². The van der Waals surface area contributed by atoms with E-state index in [4.69, 9.17) is 9.72 Å².